The van der Waals surface area contributed by atoms with Crippen LogP contribution in [0.1, 0.15) is 57.6 Å². The fraction of sp³-hybridized carbons (Fsp3) is 0.619. The Hall–Kier alpha value is -2.86. The predicted octanol–water partition coefficient (Wildman–Crippen LogP) is 2.67. The summed E-state index contributed by atoms with van der Waals surface area (Å²) in [6.45, 7) is 8.59. The topological polar surface area (TPSA) is 123 Å². The van der Waals surface area contributed by atoms with Crippen molar-refractivity contribution in [2.24, 2.45) is 0 Å². The summed E-state index contributed by atoms with van der Waals surface area (Å²) >= 11 is 0. The van der Waals surface area contributed by atoms with Gasteiger partial charge in [0.1, 0.15) is 17.5 Å². The minimum absolute atomic E-state index is 0.271. The smallest absolute Gasteiger partial charge is 0.304 e. The number of aromatic nitrogens is 1. The second-order valence-electron chi connectivity index (χ2n) is 6.78. The van der Waals surface area contributed by atoms with Crippen molar-refractivity contribution in [3.8, 4) is 11.9 Å². The molecule has 0 radical (unpaired) electrons. The van der Waals surface area contributed by atoms with Gasteiger partial charge in [-0.2, -0.15) is 10.2 Å². The number of carbonyl (C=O) groups excluding carboxylic acids is 2. The van der Waals surface area contributed by atoms with E-state index in [1.807, 2.05) is 13.8 Å². The van der Waals surface area contributed by atoms with Gasteiger partial charge >= 0.3 is 11.9 Å². The number of nitrogens with zero attached hydrogens (tertiary/aromatic N) is 2. The molecule has 30 heavy (non-hydrogen) atoms. The average Bonchev–Trinajstić information content (AvgIpc) is 2.67. The van der Waals surface area contributed by atoms with Crippen LogP contribution >= 0.6 is 0 Å². The van der Waals surface area contributed by atoms with Crippen molar-refractivity contribution < 1.29 is 23.8 Å². The fourth-order valence-electron chi connectivity index (χ4n) is 2.60. The molecule has 0 spiro atoms. The summed E-state index contributed by atoms with van der Waals surface area (Å²) in [6.07, 6.45) is 2.46. The van der Waals surface area contributed by atoms with Crippen molar-refractivity contribution in [2.75, 3.05) is 31.6 Å². The monoisotopic (exact) mass is 420 g/mol. The molecule has 1 aromatic rings. The van der Waals surface area contributed by atoms with Gasteiger partial charge in [-0.25, -0.2) is 0 Å². The number of hydrogen-bond acceptors (Lipinski definition) is 9. The molecule has 0 bridgehead atoms. The molecule has 0 saturated heterocycles. The zero-order valence-corrected chi connectivity index (χ0v) is 18.2. The third-order valence-electron chi connectivity index (χ3n) is 4.02. The molecule has 0 aromatic carbocycles. The molecule has 0 saturated carbocycles. The number of rotatable bonds is 14. The van der Waals surface area contributed by atoms with E-state index in [0.29, 0.717) is 50.4 Å². The van der Waals surface area contributed by atoms with Gasteiger partial charge in [-0.3, -0.25) is 14.9 Å². The lowest BCUT2D eigenvalue weighted by molar-refractivity contribution is -0.148. The number of hydrogen-bond donors (Lipinski definition) is 2. The highest BCUT2D eigenvalue weighted by Crippen LogP contribution is 2.23. The maximum atomic E-state index is 11.2. The lowest BCUT2D eigenvalue weighted by atomic mass is 10.1. The maximum Gasteiger partial charge on any atom is 0.304 e. The highest BCUT2D eigenvalue weighted by Gasteiger charge is 2.13. The molecule has 9 heteroatoms. The zero-order valence-electron chi connectivity index (χ0n) is 18.2. The van der Waals surface area contributed by atoms with Crippen LogP contribution in [0.3, 0.4) is 0 Å². The van der Waals surface area contributed by atoms with Crippen molar-refractivity contribution in [2.45, 2.75) is 59.6 Å². The molecule has 0 aliphatic rings. The van der Waals surface area contributed by atoms with E-state index in [4.69, 9.17) is 14.2 Å². The Labute approximate surface area is 178 Å². The van der Waals surface area contributed by atoms with Gasteiger partial charge in [-0.05, 0) is 44.4 Å². The van der Waals surface area contributed by atoms with Crippen LogP contribution in [0.4, 0.5) is 5.82 Å². The summed E-state index contributed by atoms with van der Waals surface area (Å²) in [5, 5.41) is 15.8. The van der Waals surface area contributed by atoms with Crippen LogP contribution in [-0.2, 0) is 19.1 Å². The van der Waals surface area contributed by atoms with Crippen LogP contribution in [0, 0.1) is 18.3 Å². The van der Waals surface area contributed by atoms with Gasteiger partial charge in [0.25, 0.3) is 0 Å². The Bertz CT molecular complexity index is 733. The first-order valence-corrected chi connectivity index (χ1v) is 10.2. The number of carbonyl (C=O) groups is 2. The third-order valence-corrected chi connectivity index (χ3v) is 4.02. The van der Waals surface area contributed by atoms with Gasteiger partial charge in [0.15, 0.2) is 6.23 Å². The molecular weight excluding hydrogens is 388 g/mol. The highest BCUT2D eigenvalue weighted by molar-refractivity contribution is 5.66. The molecule has 1 unspecified atom stereocenters. The fourth-order valence-corrected chi connectivity index (χ4v) is 2.60. The summed E-state index contributed by atoms with van der Waals surface area (Å²) < 4.78 is 15.8. The molecule has 1 atom stereocenters. The first kappa shape index (κ1) is 25.2. The van der Waals surface area contributed by atoms with Crippen molar-refractivity contribution in [1.82, 2.24) is 10.3 Å². The van der Waals surface area contributed by atoms with E-state index in [2.05, 4.69) is 21.7 Å². The first-order valence-electron chi connectivity index (χ1n) is 10.2. The van der Waals surface area contributed by atoms with Gasteiger partial charge in [-0.15, -0.1) is 0 Å². The Morgan fingerprint density at radius 2 is 1.93 bits per heavy atom. The SMILES string of the molecule is CCCNC(CCNc1cc(C)c(C#N)c(OCCCCOC(C)=O)n1)OC(C)=O. The number of unbranched alkanes of at least 4 members (excludes halogenated alkanes) is 1. The number of aryl methyl sites for hydroxylation is 1. The van der Waals surface area contributed by atoms with E-state index in [1.165, 1.54) is 13.8 Å². The van der Waals surface area contributed by atoms with Crippen LogP contribution in [0.5, 0.6) is 5.88 Å². The Balaban J connectivity index is 2.62. The quantitative estimate of drug-likeness (QED) is 0.266. The van der Waals surface area contributed by atoms with E-state index in [9.17, 15) is 14.9 Å². The number of ether oxygens (including phenoxy) is 3. The van der Waals surface area contributed by atoms with Gasteiger partial charge in [0.2, 0.25) is 5.88 Å². The molecule has 9 nitrogen and oxygen atoms in total. The number of nitrogens with one attached hydrogen (secondary N) is 2. The minimum atomic E-state index is -0.373. The number of anilines is 1. The van der Waals surface area contributed by atoms with Crippen LogP contribution in [0.15, 0.2) is 6.07 Å². The number of pyridine rings is 1. The molecule has 2 N–H and O–H groups in total. The average molecular weight is 421 g/mol. The van der Waals surface area contributed by atoms with Crippen LogP contribution in [0.25, 0.3) is 0 Å². The third kappa shape index (κ3) is 10.1. The van der Waals surface area contributed by atoms with Crippen molar-refractivity contribution >= 4 is 17.8 Å². The summed E-state index contributed by atoms with van der Waals surface area (Å²) in [5.41, 5.74) is 1.15. The molecule has 0 aliphatic heterocycles. The molecule has 166 valence electrons. The summed E-state index contributed by atoms with van der Waals surface area (Å²) in [5.74, 6) is 0.214. The highest BCUT2D eigenvalue weighted by atomic mass is 16.6. The summed E-state index contributed by atoms with van der Waals surface area (Å²) in [7, 11) is 0. The molecular formula is C21H32N4O5. The Morgan fingerprint density at radius 3 is 2.57 bits per heavy atom. The van der Waals surface area contributed by atoms with E-state index < -0.39 is 0 Å². The normalized spacial score (nSPS) is 11.3. The largest absolute Gasteiger partial charge is 0.477 e. The van der Waals surface area contributed by atoms with Gasteiger partial charge in [0.05, 0.1) is 13.2 Å². The second-order valence-corrected chi connectivity index (χ2v) is 6.78. The molecule has 1 heterocycles. The van der Waals surface area contributed by atoms with E-state index in [1.54, 1.807) is 6.07 Å². The first-order chi connectivity index (χ1) is 14.4. The van der Waals surface area contributed by atoms with Crippen molar-refractivity contribution in [3.63, 3.8) is 0 Å². The number of esters is 2. The minimum Gasteiger partial charge on any atom is -0.477 e. The molecule has 0 amide bonds. The van der Waals surface area contributed by atoms with Gasteiger partial charge < -0.3 is 19.5 Å². The molecule has 0 aliphatic carbocycles. The lowest BCUT2D eigenvalue weighted by Crippen LogP contribution is -2.35. The van der Waals surface area contributed by atoms with Gasteiger partial charge in [0, 0.05) is 26.8 Å². The second kappa shape index (κ2) is 14.2. The lowest BCUT2D eigenvalue weighted by Gasteiger charge is -2.19. The maximum absolute atomic E-state index is 11.2. The van der Waals surface area contributed by atoms with Gasteiger partial charge in [-0.1, -0.05) is 6.92 Å². The van der Waals surface area contributed by atoms with Crippen LogP contribution in [0.2, 0.25) is 0 Å². The molecule has 1 aromatic heterocycles. The standard InChI is InChI=1S/C21H32N4O5/c1-5-9-24-20(30-17(4)27)8-10-23-19-13-15(2)18(14-22)21(25-19)29-12-7-6-11-28-16(3)26/h13,20,24H,5-12H2,1-4H3,(H,23,25). The Kier molecular flexibility index (Phi) is 11.9. The predicted molar refractivity (Wildman–Crippen MR) is 112 cm³/mol. The summed E-state index contributed by atoms with van der Waals surface area (Å²) in [6, 6.07) is 3.91. The number of nitriles is 1. The van der Waals surface area contributed by atoms with Crippen LogP contribution < -0.4 is 15.4 Å². The van der Waals surface area contributed by atoms with Crippen LogP contribution in [-0.4, -0.2) is 49.5 Å². The van der Waals surface area contributed by atoms with E-state index in [-0.39, 0.29) is 24.0 Å². The summed E-state index contributed by atoms with van der Waals surface area (Å²) in [4.78, 5) is 26.4. The zero-order chi connectivity index (χ0) is 22.4. The molecule has 0 fully saturated rings. The van der Waals surface area contributed by atoms with E-state index >= 15 is 0 Å². The molecule has 1 rings (SSSR count). The Morgan fingerprint density at radius 1 is 1.20 bits per heavy atom. The van der Waals surface area contributed by atoms with Crippen molar-refractivity contribution in [1.29, 1.82) is 5.26 Å². The van der Waals surface area contributed by atoms with Crippen molar-refractivity contribution in [3.05, 3.63) is 17.2 Å². The van der Waals surface area contributed by atoms with E-state index in [0.717, 1.165) is 18.5 Å².